The van der Waals surface area contributed by atoms with Crippen LogP contribution in [0, 0.1) is 0 Å². The van der Waals surface area contributed by atoms with Crippen LogP contribution in [0.25, 0.3) is 0 Å². The number of halogens is 1. The Morgan fingerprint density at radius 1 is 1.58 bits per heavy atom. The van der Waals surface area contributed by atoms with Gasteiger partial charge in [-0.1, -0.05) is 28.1 Å². The Kier molecular flexibility index (Phi) is 1.98. The number of carbonyl (C=O) groups excluding carboxylic acids is 1. The zero-order valence-corrected chi connectivity index (χ0v) is 7.87. The van der Waals surface area contributed by atoms with Crippen molar-refractivity contribution in [2.75, 3.05) is 6.61 Å². The third-order valence-electron chi connectivity index (χ3n) is 1.73. The first-order valence-electron chi connectivity index (χ1n) is 3.69. The largest absolute Gasteiger partial charge is 0.364 e. The number of epoxide rings is 1. The third kappa shape index (κ3) is 1.57. The fourth-order valence-corrected chi connectivity index (χ4v) is 1.43. The molecule has 1 saturated heterocycles. The van der Waals surface area contributed by atoms with Crippen LogP contribution in [0.5, 0.6) is 0 Å². The molecule has 1 aliphatic rings. The molecule has 0 aromatic heterocycles. The maximum absolute atomic E-state index is 11.4. The minimum atomic E-state index is -0.181. The van der Waals surface area contributed by atoms with Crippen LogP contribution in [-0.2, 0) is 4.74 Å². The SMILES string of the molecule is O=C(c1cccc(Br)c1)C1CO1. The van der Waals surface area contributed by atoms with Gasteiger partial charge in [0.1, 0.15) is 6.10 Å². The zero-order chi connectivity index (χ0) is 8.55. The number of ether oxygens (including phenoxy) is 1. The van der Waals surface area contributed by atoms with Gasteiger partial charge in [0.25, 0.3) is 0 Å². The molecule has 1 fully saturated rings. The second kappa shape index (κ2) is 2.99. The second-order valence-corrected chi connectivity index (χ2v) is 3.61. The van der Waals surface area contributed by atoms with E-state index in [1.807, 2.05) is 18.2 Å². The van der Waals surface area contributed by atoms with E-state index in [4.69, 9.17) is 4.74 Å². The Labute approximate surface area is 78.7 Å². The minimum absolute atomic E-state index is 0.0799. The van der Waals surface area contributed by atoms with E-state index in [-0.39, 0.29) is 11.9 Å². The van der Waals surface area contributed by atoms with Gasteiger partial charge in [-0.2, -0.15) is 0 Å². The minimum Gasteiger partial charge on any atom is -0.364 e. The number of Topliss-reactive ketones (excluding diaryl/α,β-unsaturated/α-hetero) is 1. The van der Waals surface area contributed by atoms with Crippen molar-refractivity contribution in [3.8, 4) is 0 Å². The summed E-state index contributed by atoms with van der Waals surface area (Å²) in [4.78, 5) is 11.4. The van der Waals surface area contributed by atoms with Crippen molar-refractivity contribution in [2.24, 2.45) is 0 Å². The highest BCUT2D eigenvalue weighted by Gasteiger charge is 2.31. The zero-order valence-electron chi connectivity index (χ0n) is 6.29. The topological polar surface area (TPSA) is 29.6 Å². The molecule has 1 unspecified atom stereocenters. The summed E-state index contributed by atoms with van der Waals surface area (Å²) in [6.07, 6.45) is -0.181. The van der Waals surface area contributed by atoms with Crippen molar-refractivity contribution in [3.63, 3.8) is 0 Å². The summed E-state index contributed by atoms with van der Waals surface area (Å²) in [7, 11) is 0. The Hall–Kier alpha value is -0.670. The number of hydrogen-bond acceptors (Lipinski definition) is 2. The van der Waals surface area contributed by atoms with Crippen molar-refractivity contribution < 1.29 is 9.53 Å². The first-order valence-corrected chi connectivity index (χ1v) is 4.48. The Morgan fingerprint density at radius 2 is 2.33 bits per heavy atom. The molecule has 1 aromatic carbocycles. The molecule has 12 heavy (non-hydrogen) atoms. The summed E-state index contributed by atoms with van der Waals surface area (Å²) in [5.41, 5.74) is 0.715. The first kappa shape index (κ1) is 7.95. The molecule has 2 nitrogen and oxygen atoms in total. The van der Waals surface area contributed by atoms with E-state index < -0.39 is 0 Å². The first-order chi connectivity index (χ1) is 5.77. The lowest BCUT2D eigenvalue weighted by Crippen LogP contribution is -2.06. The molecule has 62 valence electrons. The lowest BCUT2D eigenvalue weighted by molar-refractivity contribution is 0.0953. The van der Waals surface area contributed by atoms with Crippen molar-refractivity contribution >= 4 is 21.7 Å². The van der Waals surface area contributed by atoms with Gasteiger partial charge in [-0.05, 0) is 12.1 Å². The predicted octanol–water partition coefficient (Wildman–Crippen LogP) is 2.03. The van der Waals surface area contributed by atoms with Gasteiger partial charge >= 0.3 is 0 Å². The summed E-state index contributed by atoms with van der Waals surface area (Å²) in [5, 5.41) is 0. The van der Waals surface area contributed by atoms with Crippen molar-refractivity contribution in [3.05, 3.63) is 34.3 Å². The molecule has 1 aromatic rings. The third-order valence-corrected chi connectivity index (χ3v) is 2.23. The van der Waals surface area contributed by atoms with Gasteiger partial charge in [0.05, 0.1) is 6.61 Å². The molecule has 0 N–H and O–H groups in total. The normalized spacial score (nSPS) is 20.6. The molecular weight excluding hydrogens is 220 g/mol. The summed E-state index contributed by atoms with van der Waals surface area (Å²) < 4.78 is 5.82. The van der Waals surface area contributed by atoms with E-state index in [2.05, 4.69) is 15.9 Å². The van der Waals surface area contributed by atoms with Gasteiger partial charge in [0.2, 0.25) is 0 Å². The Morgan fingerprint density at radius 3 is 2.92 bits per heavy atom. The molecule has 0 aliphatic carbocycles. The van der Waals surface area contributed by atoms with Crippen molar-refractivity contribution in [1.29, 1.82) is 0 Å². The van der Waals surface area contributed by atoms with Crippen LogP contribution >= 0.6 is 15.9 Å². The lowest BCUT2D eigenvalue weighted by Gasteiger charge is -1.96. The average Bonchev–Trinajstić information content (AvgIpc) is 2.85. The van der Waals surface area contributed by atoms with Gasteiger partial charge in [0.15, 0.2) is 5.78 Å². The number of hydrogen-bond donors (Lipinski definition) is 0. The number of benzene rings is 1. The summed E-state index contributed by atoms with van der Waals surface area (Å²) >= 11 is 3.31. The highest BCUT2D eigenvalue weighted by atomic mass is 79.9. The Bertz CT molecular complexity index is 318. The van der Waals surface area contributed by atoms with Gasteiger partial charge in [-0.25, -0.2) is 0 Å². The molecule has 2 rings (SSSR count). The molecule has 1 aliphatic heterocycles. The van der Waals surface area contributed by atoms with E-state index in [0.717, 1.165) is 4.47 Å². The lowest BCUT2D eigenvalue weighted by atomic mass is 10.1. The van der Waals surface area contributed by atoms with Crippen LogP contribution in [0.3, 0.4) is 0 Å². The highest BCUT2D eigenvalue weighted by molar-refractivity contribution is 9.10. The molecule has 0 radical (unpaired) electrons. The van der Waals surface area contributed by atoms with Gasteiger partial charge in [-0.15, -0.1) is 0 Å². The van der Waals surface area contributed by atoms with Gasteiger partial charge in [0, 0.05) is 10.0 Å². The highest BCUT2D eigenvalue weighted by Crippen LogP contribution is 2.18. The molecule has 1 atom stereocenters. The van der Waals surface area contributed by atoms with Crippen molar-refractivity contribution in [1.82, 2.24) is 0 Å². The monoisotopic (exact) mass is 226 g/mol. The molecule has 1 heterocycles. The average molecular weight is 227 g/mol. The smallest absolute Gasteiger partial charge is 0.193 e. The van der Waals surface area contributed by atoms with E-state index >= 15 is 0 Å². The Balaban J connectivity index is 2.26. The molecule has 3 heteroatoms. The predicted molar refractivity (Wildman–Crippen MR) is 48.2 cm³/mol. The fraction of sp³-hybridized carbons (Fsp3) is 0.222. The van der Waals surface area contributed by atoms with E-state index in [1.54, 1.807) is 6.07 Å². The van der Waals surface area contributed by atoms with E-state index in [0.29, 0.717) is 12.2 Å². The van der Waals surface area contributed by atoms with Crippen LogP contribution < -0.4 is 0 Å². The molecule has 0 bridgehead atoms. The van der Waals surface area contributed by atoms with E-state index in [9.17, 15) is 4.79 Å². The van der Waals surface area contributed by atoms with Crippen LogP contribution in [0.4, 0.5) is 0 Å². The van der Waals surface area contributed by atoms with Crippen molar-refractivity contribution in [2.45, 2.75) is 6.10 Å². The maximum Gasteiger partial charge on any atom is 0.193 e. The molecule has 0 spiro atoms. The van der Waals surface area contributed by atoms with Crippen LogP contribution in [0.15, 0.2) is 28.7 Å². The van der Waals surface area contributed by atoms with Crippen LogP contribution in [0.2, 0.25) is 0 Å². The molecule has 0 amide bonds. The second-order valence-electron chi connectivity index (χ2n) is 2.70. The standard InChI is InChI=1S/C9H7BrO2/c10-7-3-1-2-6(4-7)9(11)8-5-12-8/h1-4,8H,5H2. The number of rotatable bonds is 2. The summed E-state index contributed by atoms with van der Waals surface area (Å²) in [6, 6.07) is 7.35. The number of ketones is 1. The fourth-order valence-electron chi connectivity index (χ4n) is 1.03. The summed E-state index contributed by atoms with van der Waals surface area (Å²) in [5.74, 6) is 0.0799. The van der Waals surface area contributed by atoms with E-state index in [1.165, 1.54) is 0 Å². The molecular formula is C9H7BrO2. The maximum atomic E-state index is 11.4. The van der Waals surface area contributed by atoms with Crippen LogP contribution in [0.1, 0.15) is 10.4 Å². The van der Waals surface area contributed by atoms with Gasteiger partial charge < -0.3 is 4.74 Å². The summed E-state index contributed by atoms with van der Waals surface area (Å²) in [6.45, 7) is 0.575. The molecule has 0 saturated carbocycles. The van der Waals surface area contributed by atoms with Gasteiger partial charge in [-0.3, -0.25) is 4.79 Å². The van der Waals surface area contributed by atoms with Crippen LogP contribution in [-0.4, -0.2) is 18.5 Å². The quantitative estimate of drug-likeness (QED) is 0.571. The number of carbonyl (C=O) groups is 1.